The Labute approximate surface area is 168 Å². The van der Waals surface area contributed by atoms with Gasteiger partial charge in [-0.25, -0.2) is 4.98 Å². The number of benzene rings is 1. The molecule has 9 nitrogen and oxygen atoms in total. The molecule has 3 heterocycles. The molecule has 1 aliphatic rings. The summed E-state index contributed by atoms with van der Waals surface area (Å²) in [5.74, 6) is 2.53. The number of ether oxygens (including phenoxy) is 3. The van der Waals surface area contributed by atoms with Crippen molar-refractivity contribution >= 4 is 22.7 Å². The van der Waals surface area contributed by atoms with Crippen LogP contribution in [0.3, 0.4) is 0 Å². The van der Waals surface area contributed by atoms with Gasteiger partial charge in [0.15, 0.2) is 11.3 Å². The lowest BCUT2D eigenvalue weighted by Crippen LogP contribution is -2.35. The molecule has 29 heavy (non-hydrogen) atoms. The summed E-state index contributed by atoms with van der Waals surface area (Å²) < 4.78 is 22.7. The van der Waals surface area contributed by atoms with Gasteiger partial charge in [-0.2, -0.15) is 4.98 Å². The van der Waals surface area contributed by atoms with Gasteiger partial charge in [-0.15, -0.1) is 0 Å². The Balaban J connectivity index is 1.75. The third kappa shape index (κ3) is 3.92. The van der Waals surface area contributed by atoms with E-state index in [1.165, 1.54) is 0 Å². The van der Waals surface area contributed by atoms with Gasteiger partial charge in [-0.3, -0.25) is 4.90 Å². The van der Waals surface area contributed by atoms with Crippen molar-refractivity contribution in [3.63, 3.8) is 0 Å². The van der Waals surface area contributed by atoms with Crippen molar-refractivity contribution in [2.75, 3.05) is 52.0 Å². The molecule has 0 bridgehead atoms. The molecule has 0 amide bonds. The zero-order valence-corrected chi connectivity index (χ0v) is 16.6. The molecule has 0 radical (unpaired) electrons. The van der Waals surface area contributed by atoms with Gasteiger partial charge in [0.25, 0.3) is 0 Å². The fraction of sp³-hybridized carbons (Fsp3) is 0.400. The summed E-state index contributed by atoms with van der Waals surface area (Å²) in [6, 6.07) is 3.99. The minimum Gasteiger partial charge on any atom is -0.493 e. The summed E-state index contributed by atoms with van der Waals surface area (Å²) >= 11 is 0. The van der Waals surface area contributed by atoms with Crippen LogP contribution in [0.1, 0.15) is 16.9 Å². The standard InChI is InChI=1S/C20H25N5O4/c1-26-16-8-12(7-13-10-23-20(22)24-19(13)21)15-9-14(29-17(15)18(16)27-2)11-25-3-5-28-6-4-25/h8-10H,3-7,11H2,1-2H3,(H4,21,22,23,24). The number of fused-ring (bicyclic) bond motifs is 1. The van der Waals surface area contributed by atoms with E-state index in [0.29, 0.717) is 35.9 Å². The van der Waals surface area contributed by atoms with Crippen molar-refractivity contribution in [3.05, 3.63) is 35.2 Å². The number of aromatic nitrogens is 2. The second-order valence-corrected chi connectivity index (χ2v) is 6.93. The number of nitrogen functional groups attached to an aromatic ring is 2. The molecule has 154 valence electrons. The molecule has 0 saturated carbocycles. The maximum Gasteiger partial charge on any atom is 0.221 e. The molecule has 0 aliphatic carbocycles. The fourth-order valence-electron chi connectivity index (χ4n) is 3.59. The number of nitrogens with two attached hydrogens (primary N) is 2. The van der Waals surface area contributed by atoms with E-state index in [-0.39, 0.29) is 5.95 Å². The summed E-state index contributed by atoms with van der Waals surface area (Å²) in [6.07, 6.45) is 2.16. The maximum absolute atomic E-state index is 6.19. The smallest absolute Gasteiger partial charge is 0.221 e. The second kappa shape index (κ2) is 8.14. The summed E-state index contributed by atoms with van der Waals surface area (Å²) in [5.41, 5.74) is 14.1. The van der Waals surface area contributed by atoms with Gasteiger partial charge in [0.05, 0.1) is 34.0 Å². The number of rotatable bonds is 6. The van der Waals surface area contributed by atoms with Gasteiger partial charge in [0.1, 0.15) is 11.6 Å². The van der Waals surface area contributed by atoms with Crippen LogP contribution in [0, 0.1) is 0 Å². The average molecular weight is 399 g/mol. The molecule has 4 rings (SSSR count). The Morgan fingerprint density at radius 1 is 1.10 bits per heavy atom. The van der Waals surface area contributed by atoms with Gasteiger partial charge in [-0.05, 0) is 17.7 Å². The van der Waals surface area contributed by atoms with Crippen LogP contribution in [0.4, 0.5) is 11.8 Å². The molecular weight excluding hydrogens is 374 g/mol. The van der Waals surface area contributed by atoms with E-state index in [0.717, 1.165) is 48.6 Å². The lowest BCUT2D eigenvalue weighted by atomic mass is 10.0. The Morgan fingerprint density at radius 3 is 2.59 bits per heavy atom. The maximum atomic E-state index is 6.19. The van der Waals surface area contributed by atoms with Crippen LogP contribution < -0.4 is 20.9 Å². The van der Waals surface area contributed by atoms with Crippen LogP contribution in [-0.4, -0.2) is 55.4 Å². The molecule has 1 saturated heterocycles. The number of methoxy groups -OCH3 is 2. The van der Waals surface area contributed by atoms with E-state index in [1.807, 2.05) is 6.07 Å². The quantitative estimate of drug-likeness (QED) is 0.639. The minimum atomic E-state index is 0.153. The van der Waals surface area contributed by atoms with Crippen LogP contribution in [-0.2, 0) is 17.7 Å². The predicted molar refractivity (Wildman–Crippen MR) is 109 cm³/mol. The minimum absolute atomic E-state index is 0.153. The molecule has 3 aromatic rings. The second-order valence-electron chi connectivity index (χ2n) is 6.93. The van der Waals surface area contributed by atoms with Crippen molar-refractivity contribution in [2.24, 2.45) is 0 Å². The molecule has 4 N–H and O–H groups in total. The number of furan rings is 1. The van der Waals surface area contributed by atoms with Crippen LogP contribution in [0.5, 0.6) is 11.5 Å². The van der Waals surface area contributed by atoms with Crippen LogP contribution in [0.2, 0.25) is 0 Å². The predicted octanol–water partition coefficient (Wildman–Crippen LogP) is 1.83. The lowest BCUT2D eigenvalue weighted by Gasteiger charge is -2.25. The number of hydrogen-bond donors (Lipinski definition) is 2. The monoisotopic (exact) mass is 399 g/mol. The normalized spacial score (nSPS) is 15.0. The van der Waals surface area contributed by atoms with Gasteiger partial charge >= 0.3 is 0 Å². The number of anilines is 2. The zero-order chi connectivity index (χ0) is 20.4. The molecule has 2 aromatic heterocycles. The van der Waals surface area contributed by atoms with Crippen LogP contribution in [0.25, 0.3) is 11.0 Å². The third-order valence-corrected chi connectivity index (χ3v) is 5.07. The van der Waals surface area contributed by atoms with Crippen molar-refractivity contribution in [1.29, 1.82) is 0 Å². The molecule has 0 spiro atoms. The highest BCUT2D eigenvalue weighted by Crippen LogP contribution is 2.40. The van der Waals surface area contributed by atoms with Crippen molar-refractivity contribution in [1.82, 2.24) is 14.9 Å². The van der Waals surface area contributed by atoms with E-state index < -0.39 is 0 Å². The van der Waals surface area contributed by atoms with E-state index in [2.05, 4.69) is 20.9 Å². The van der Waals surface area contributed by atoms with E-state index in [4.69, 9.17) is 30.1 Å². The lowest BCUT2D eigenvalue weighted by molar-refractivity contribution is 0.0315. The molecular formula is C20H25N5O4. The first-order valence-corrected chi connectivity index (χ1v) is 9.42. The Bertz CT molecular complexity index is 1010. The third-order valence-electron chi connectivity index (χ3n) is 5.07. The van der Waals surface area contributed by atoms with E-state index in [1.54, 1.807) is 20.4 Å². The van der Waals surface area contributed by atoms with Gasteiger partial charge < -0.3 is 30.1 Å². The fourth-order valence-corrected chi connectivity index (χ4v) is 3.59. The largest absolute Gasteiger partial charge is 0.493 e. The average Bonchev–Trinajstić information content (AvgIpc) is 3.14. The summed E-state index contributed by atoms with van der Waals surface area (Å²) in [7, 11) is 3.21. The van der Waals surface area contributed by atoms with Crippen LogP contribution in [0.15, 0.2) is 22.7 Å². The SMILES string of the molecule is COc1cc(Cc2cnc(N)nc2N)c2cc(CN3CCOCC3)oc2c1OC. The van der Waals surface area contributed by atoms with E-state index >= 15 is 0 Å². The molecule has 9 heteroatoms. The highest BCUT2D eigenvalue weighted by Gasteiger charge is 2.21. The topological polar surface area (TPSA) is 122 Å². The molecule has 0 atom stereocenters. The highest BCUT2D eigenvalue weighted by molar-refractivity contribution is 5.90. The number of morpholine rings is 1. The molecule has 0 unspecified atom stereocenters. The zero-order valence-electron chi connectivity index (χ0n) is 16.6. The van der Waals surface area contributed by atoms with E-state index in [9.17, 15) is 0 Å². The molecule has 1 fully saturated rings. The first-order valence-electron chi connectivity index (χ1n) is 9.42. The number of hydrogen-bond acceptors (Lipinski definition) is 9. The van der Waals surface area contributed by atoms with Gasteiger partial charge in [0, 0.05) is 36.7 Å². The number of nitrogens with zero attached hydrogens (tertiary/aromatic N) is 3. The molecule has 1 aromatic carbocycles. The van der Waals surface area contributed by atoms with Gasteiger partial charge in [0.2, 0.25) is 11.7 Å². The van der Waals surface area contributed by atoms with Gasteiger partial charge in [-0.1, -0.05) is 0 Å². The first-order chi connectivity index (χ1) is 14.1. The Morgan fingerprint density at radius 2 is 1.90 bits per heavy atom. The summed E-state index contributed by atoms with van der Waals surface area (Å²) in [4.78, 5) is 10.4. The highest BCUT2D eigenvalue weighted by atomic mass is 16.5. The summed E-state index contributed by atoms with van der Waals surface area (Å²) in [5, 5.41) is 0.946. The Kier molecular flexibility index (Phi) is 5.41. The van der Waals surface area contributed by atoms with Crippen molar-refractivity contribution in [2.45, 2.75) is 13.0 Å². The Hall–Kier alpha value is -3.04. The van der Waals surface area contributed by atoms with Crippen molar-refractivity contribution in [3.8, 4) is 11.5 Å². The van der Waals surface area contributed by atoms with Crippen molar-refractivity contribution < 1.29 is 18.6 Å². The van der Waals surface area contributed by atoms with Crippen LogP contribution >= 0.6 is 0 Å². The summed E-state index contributed by atoms with van der Waals surface area (Å²) in [6.45, 7) is 3.93. The first kappa shape index (κ1) is 19.3. The molecule has 1 aliphatic heterocycles.